The zero-order chi connectivity index (χ0) is 20.9. The predicted octanol–water partition coefficient (Wildman–Crippen LogP) is 5.80. The van der Waals surface area contributed by atoms with Crippen molar-refractivity contribution in [1.29, 1.82) is 0 Å². The quantitative estimate of drug-likeness (QED) is 0.289. The van der Waals surface area contributed by atoms with E-state index in [1.165, 1.54) is 24.8 Å². The number of hydrogen-bond donors (Lipinski definition) is 2. The zero-order valence-corrected chi connectivity index (χ0v) is 19.6. The molecule has 0 aliphatic carbocycles. The van der Waals surface area contributed by atoms with E-state index in [4.69, 9.17) is 17.2 Å². The van der Waals surface area contributed by atoms with E-state index in [0.29, 0.717) is 5.11 Å². The van der Waals surface area contributed by atoms with Crippen molar-refractivity contribution < 1.29 is 0 Å². The number of nitrogens with one attached hydrogen (secondary N) is 2. The number of rotatable bonds is 5. The highest BCUT2D eigenvalue weighted by Gasteiger charge is 2.19. The second-order valence-electron chi connectivity index (χ2n) is 7.38. The number of hydrazone groups is 1. The van der Waals surface area contributed by atoms with Crippen LogP contribution >= 0.6 is 34.9 Å². The van der Waals surface area contributed by atoms with Crippen LogP contribution in [0.4, 0.5) is 10.8 Å². The van der Waals surface area contributed by atoms with Crippen molar-refractivity contribution in [3.63, 3.8) is 0 Å². The van der Waals surface area contributed by atoms with E-state index in [-0.39, 0.29) is 0 Å². The fourth-order valence-electron chi connectivity index (χ4n) is 3.39. The van der Waals surface area contributed by atoms with Gasteiger partial charge in [0.1, 0.15) is 5.69 Å². The van der Waals surface area contributed by atoms with Crippen LogP contribution in [-0.4, -0.2) is 29.4 Å². The molecule has 0 spiro atoms. The van der Waals surface area contributed by atoms with Crippen molar-refractivity contribution in [2.75, 3.05) is 23.3 Å². The van der Waals surface area contributed by atoms with Gasteiger partial charge in [-0.15, -0.1) is 11.3 Å². The van der Waals surface area contributed by atoms with Gasteiger partial charge >= 0.3 is 0 Å². The summed E-state index contributed by atoms with van der Waals surface area (Å²) in [6, 6.07) is 10.4. The van der Waals surface area contributed by atoms with Crippen LogP contribution in [0.3, 0.4) is 0 Å². The smallest absolute Gasteiger partial charge is 0.191 e. The van der Waals surface area contributed by atoms with E-state index in [1.807, 2.05) is 6.21 Å². The van der Waals surface area contributed by atoms with Crippen LogP contribution in [0.15, 0.2) is 40.8 Å². The highest BCUT2D eigenvalue weighted by Crippen LogP contribution is 2.35. The molecule has 30 heavy (non-hydrogen) atoms. The molecule has 3 aromatic rings. The Morgan fingerprint density at radius 2 is 2.03 bits per heavy atom. The minimum Gasteiger partial charge on any atom is -0.348 e. The molecule has 1 aliphatic heterocycles. The molecule has 0 saturated carbocycles. The molecule has 0 radical (unpaired) electrons. The Kier molecular flexibility index (Phi) is 6.76. The summed E-state index contributed by atoms with van der Waals surface area (Å²) in [4.78, 5) is 9.54. The fraction of sp³-hybridized carbons (Fsp3) is 0.318. The SMILES string of the molecule is Cc1ccc(C)c(NC(=S)NN=Cc2sc(N3CCCCC3)nc2-c2cccs2)c1. The van der Waals surface area contributed by atoms with Crippen LogP contribution in [0, 0.1) is 13.8 Å². The minimum absolute atomic E-state index is 0.471. The average Bonchev–Trinajstić information content (AvgIpc) is 3.41. The average molecular weight is 456 g/mol. The lowest BCUT2D eigenvalue weighted by atomic mass is 10.1. The Hall–Kier alpha value is -2.29. The molecule has 5 nitrogen and oxygen atoms in total. The molecule has 1 fully saturated rings. The van der Waals surface area contributed by atoms with Crippen LogP contribution in [0.25, 0.3) is 10.6 Å². The highest BCUT2D eigenvalue weighted by atomic mass is 32.1. The Labute approximate surface area is 190 Å². The third-order valence-electron chi connectivity index (χ3n) is 5.01. The van der Waals surface area contributed by atoms with E-state index in [0.717, 1.165) is 44.9 Å². The summed E-state index contributed by atoms with van der Waals surface area (Å²) in [6.45, 7) is 6.28. The van der Waals surface area contributed by atoms with Crippen molar-refractivity contribution in [2.45, 2.75) is 33.1 Å². The van der Waals surface area contributed by atoms with Crippen molar-refractivity contribution in [1.82, 2.24) is 10.4 Å². The van der Waals surface area contributed by atoms with Gasteiger partial charge in [-0.25, -0.2) is 4.98 Å². The van der Waals surface area contributed by atoms with E-state index in [1.54, 1.807) is 22.7 Å². The Bertz CT molecular complexity index is 1030. The molecular formula is C22H25N5S3. The molecule has 4 rings (SSSR count). The molecule has 1 saturated heterocycles. The number of thiocarbonyl (C=S) groups is 1. The lowest BCUT2D eigenvalue weighted by Crippen LogP contribution is -2.29. The number of piperidine rings is 1. The maximum atomic E-state index is 5.42. The van der Waals surface area contributed by atoms with Gasteiger partial charge in [-0.1, -0.05) is 29.5 Å². The molecule has 156 valence electrons. The van der Waals surface area contributed by atoms with Crippen LogP contribution in [0.2, 0.25) is 0 Å². The number of thiazole rings is 1. The first-order chi connectivity index (χ1) is 14.6. The van der Waals surface area contributed by atoms with Crippen LogP contribution < -0.4 is 15.6 Å². The van der Waals surface area contributed by atoms with Gasteiger partial charge in [0.25, 0.3) is 0 Å². The number of hydrogen-bond acceptors (Lipinski definition) is 6. The van der Waals surface area contributed by atoms with Gasteiger partial charge in [-0.2, -0.15) is 5.10 Å². The van der Waals surface area contributed by atoms with Crippen molar-refractivity contribution in [3.8, 4) is 10.6 Å². The van der Waals surface area contributed by atoms with Crippen molar-refractivity contribution in [3.05, 3.63) is 51.7 Å². The maximum Gasteiger partial charge on any atom is 0.191 e. The zero-order valence-electron chi connectivity index (χ0n) is 17.1. The summed E-state index contributed by atoms with van der Waals surface area (Å²) >= 11 is 8.81. The molecule has 1 aliphatic rings. The van der Waals surface area contributed by atoms with Gasteiger partial charge in [-0.05, 0) is 74.0 Å². The van der Waals surface area contributed by atoms with Gasteiger partial charge in [0.2, 0.25) is 0 Å². The first-order valence-corrected chi connectivity index (χ1v) is 12.2. The monoisotopic (exact) mass is 455 g/mol. The highest BCUT2D eigenvalue weighted by molar-refractivity contribution is 7.80. The van der Waals surface area contributed by atoms with Crippen molar-refractivity contribution in [2.24, 2.45) is 5.10 Å². The predicted molar refractivity (Wildman–Crippen MR) is 134 cm³/mol. The molecule has 2 N–H and O–H groups in total. The van der Waals surface area contributed by atoms with Crippen molar-refractivity contribution >= 4 is 57.0 Å². The summed E-state index contributed by atoms with van der Waals surface area (Å²) in [5.74, 6) is 0. The van der Waals surface area contributed by atoms with Crippen LogP contribution in [0.5, 0.6) is 0 Å². The Morgan fingerprint density at radius 3 is 2.80 bits per heavy atom. The van der Waals surface area contributed by atoms with Gasteiger partial charge in [-0.3, -0.25) is 5.43 Å². The number of thiophene rings is 1. The molecule has 3 heterocycles. The van der Waals surface area contributed by atoms with Crippen LogP contribution in [-0.2, 0) is 0 Å². The topological polar surface area (TPSA) is 52.6 Å². The third kappa shape index (κ3) is 5.06. The molecule has 0 amide bonds. The van der Waals surface area contributed by atoms with E-state index < -0.39 is 0 Å². The fourth-order valence-corrected chi connectivity index (χ4v) is 5.35. The third-order valence-corrected chi connectivity index (χ3v) is 7.13. The van der Waals surface area contributed by atoms with Crippen LogP contribution in [0.1, 0.15) is 35.3 Å². The van der Waals surface area contributed by atoms with Gasteiger partial charge in [0.05, 0.1) is 16.0 Å². The first kappa shape index (κ1) is 21.0. The molecule has 0 bridgehead atoms. The van der Waals surface area contributed by atoms with Gasteiger partial charge in [0, 0.05) is 18.8 Å². The number of nitrogens with zero attached hydrogens (tertiary/aromatic N) is 3. The molecule has 1 aromatic carbocycles. The normalized spacial score (nSPS) is 14.3. The van der Waals surface area contributed by atoms with E-state index >= 15 is 0 Å². The van der Waals surface area contributed by atoms with E-state index in [2.05, 4.69) is 70.3 Å². The maximum absolute atomic E-state index is 5.42. The van der Waals surface area contributed by atoms with Gasteiger partial charge in [0.15, 0.2) is 10.2 Å². The lowest BCUT2D eigenvalue weighted by Gasteiger charge is -2.25. The summed E-state index contributed by atoms with van der Waals surface area (Å²) in [6.07, 6.45) is 5.61. The minimum atomic E-state index is 0.471. The molecule has 0 unspecified atom stereocenters. The Balaban J connectivity index is 1.48. The summed E-state index contributed by atoms with van der Waals surface area (Å²) < 4.78 is 0. The second-order valence-corrected chi connectivity index (χ2v) is 9.74. The first-order valence-electron chi connectivity index (χ1n) is 10.1. The summed E-state index contributed by atoms with van der Waals surface area (Å²) in [5, 5.41) is 11.3. The summed E-state index contributed by atoms with van der Waals surface area (Å²) in [5.41, 5.74) is 7.26. The Morgan fingerprint density at radius 1 is 1.20 bits per heavy atom. The standard InChI is InChI=1S/C22H25N5S3/c1-15-8-9-16(2)17(13-15)24-21(28)26-23-14-19-20(18-7-6-12-29-18)25-22(30-19)27-10-4-3-5-11-27/h6-9,12-14H,3-5,10-11H2,1-2H3,(H2,24,26,28). The molecule has 0 atom stereocenters. The second kappa shape index (κ2) is 9.68. The van der Waals surface area contributed by atoms with E-state index in [9.17, 15) is 0 Å². The number of benzene rings is 1. The molecule has 8 heteroatoms. The number of aromatic nitrogens is 1. The molecular weight excluding hydrogens is 430 g/mol. The molecule has 2 aromatic heterocycles. The lowest BCUT2D eigenvalue weighted by molar-refractivity contribution is 0.577. The van der Waals surface area contributed by atoms with Gasteiger partial charge < -0.3 is 10.2 Å². The largest absolute Gasteiger partial charge is 0.348 e. The summed E-state index contributed by atoms with van der Waals surface area (Å²) in [7, 11) is 0. The number of aryl methyl sites for hydroxylation is 2. The number of anilines is 2.